The average molecular weight is 243 g/mol. The molecule has 5 nitrogen and oxygen atoms in total. The average Bonchev–Trinajstić information content (AvgIpc) is 2.08. The molecular weight excluding hydrogens is 222 g/mol. The quantitative estimate of drug-likeness (QED) is 0.604. The number of alkyl carbamates (subject to hydrolysis) is 1. The predicted molar refractivity (Wildman–Crippen MR) is 63.7 cm³/mol. The Hall–Kier alpha value is -1.39. The van der Waals surface area contributed by atoms with Gasteiger partial charge in [-0.1, -0.05) is 20.8 Å². The lowest BCUT2D eigenvalue weighted by atomic mass is 9.84. The fraction of sp³-hybridized carbons (Fsp3) is 0.750. The summed E-state index contributed by atoms with van der Waals surface area (Å²) in [6.07, 6.45) is -0.486. The number of carbonyl (C=O) groups excluding carboxylic acids is 3. The van der Waals surface area contributed by atoms with Gasteiger partial charge in [0.1, 0.15) is 11.6 Å². The van der Waals surface area contributed by atoms with Crippen LogP contribution in [-0.2, 0) is 14.3 Å². The van der Waals surface area contributed by atoms with E-state index in [1.54, 1.807) is 41.5 Å². The van der Waals surface area contributed by atoms with E-state index in [-0.39, 0.29) is 6.29 Å². The summed E-state index contributed by atoms with van der Waals surface area (Å²) in [4.78, 5) is 33.5. The Bertz CT molecular complexity index is 309. The van der Waals surface area contributed by atoms with Crippen molar-refractivity contribution in [3.63, 3.8) is 0 Å². The van der Waals surface area contributed by atoms with Gasteiger partial charge >= 0.3 is 6.09 Å². The van der Waals surface area contributed by atoms with Crippen LogP contribution < -0.4 is 5.32 Å². The van der Waals surface area contributed by atoms with E-state index in [1.165, 1.54) is 0 Å². The van der Waals surface area contributed by atoms with Gasteiger partial charge in [0, 0.05) is 0 Å². The van der Waals surface area contributed by atoms with Crippen molar-refractivity contribution in [2.45, 2.75) is 53.2 Å². The second-order valence-electron chi connectivity index (χ2n) is 5.97. The Labute approximate surface area is 102 Å². The van der Waals surface area contributed by atoms with Gasteiger partial charge in [-0.2, -0.15) is 0 Å². The van der Waals surface area contributed by atoms with Gasteiger partial charge < -0.3 is 10.1 Å². The summed E-state index contributed by atoms with van der Waals surface area (Å²) >= 11 is 0. The van der Waals surface area contributed by atoms with Crippen molar-refractivity contribution in [1.29, 1.82) is 0 Å². The summed E-state index contributed by atoms with van der Waals surface area (Å²) in [5.74, 6) is -0.664. The summed E-state index contributed by atoms with van der Waals surface area (Å²) in [6, 6.07) is -0.880. The molecule has 0 saturated heterocycles. The number of ketones is 1. The van der Waals surface area contributed by atoms with E-state index in [0.29, 0.717) is 0 Å². The molecule has 1 N–H and O–H groups in total. The van der Waals surface area contributed by atoms with Crippen LogP contribution in [0.25, 0.3) is 0 Å². The summed E-state index contributed by atoms with van der Waals surface area (Å²) < 4.78 is 5.04. The maximum Gasteiger partial charge on any atom is 0.408 e. The largest absolute Gasteiger partial charge is 0.444 e. The number of aldehydes is 1. The van der Waals surface area contributed by atoms with Crippen LogP contribution >= 0.6 is 0 Å². The normalized spacial score (nSPS) is 13.8. The van der Waals surface area contributed by atoms with Crippen LogP contribution in [0.5, 0.6) is 0 Å². The highest BCUT2D eigenvalue weighted by Gasteiger charge is 2.33. The Morgan fingerprint density at radius 2 is 1.59 bits per heavy atom. The minimum absolute atomic E-state index is 0.216. The molecule has 0 fully saturated rings. The number of amides is 1. The van der Waals surface area contributed by atoms with Gasteiger partial charge in [0.2, 0.25) is 5.78 Å². The lowest BCUT2D eigenvalue weighted by molar-refractivity contribution is -0.132. The van der Waals surface area contributed by atoms with Crippen molar-refractivity contribution >= 4 is 18.2 Å². The van der Waals surface area contributed by atoms with Crippen molar-refractivity contribution in [3.05, 3.63) is 0 Å². The molecule has 1 amide bonds. The zero-order valence-corrected chi connectivity index (χ0v) is 11.3. The van der Waals surface area contributed by atoms with Gasteiger partial charge in [-0.15, -0.1) is 0 Å². The Morgan fingerprint density at radius 1 is 1.12 bits per heavy atom. The standard InChI is InChI=1S/C12H21NO4/c1-11(2,3)9(8(15)7-14)13-10(16)17-12(4,5)6/h7,9H,1-6H3,(H,13,16)/t9-/m1/s1. The van der Waals surface area contributed by atoms with Gasteiger partial charge in [-0.3, -0.25) is 9.59 Å². The molecule has 0 aliphatic rings. The summed E-state index contributed by atoms with van der Waals surface area (Å²) in [5, 5.41) is 2.42. The number of hydrogen-bond donors (Lipinski definition) is 1. The van der Waals surface area contributed by atoms with Crippen LogP contribution in [0.2, 0.25) is 0 Å². The molecule has 0 heterocycles. The molecule has 0 rings (SSSR count). The highest BCUT2D eigenvalue weighted by Crippen LogP contribution is 2.20. The molecule has 0 unspecified atom stereocenters. The van der Waals surface area contributed by atoms with Crippen molar-refractivity contribution in [3.8, 4) is 0 Å². The molecule has 98 valence electrons. The molecular formula is C12H21NO4. The maximum atomic E-state index is 11.5. The third kappa shape index (κ3) is 6.04. The van der Waals surface area contributed by atoms with Crippen LogP contribution in [0, 0.1) is 5.41 Å². The van der Waals surface area contributed by atoms with Crippen molar-refractivity contribution in [2.24, 2.45) is 5.41 Å². The fourth-order valence-electron chi connectivity index (χ4n) is 1.21. The summed E-state index contributed by atoms with van der Waals surface area (Å²) in [6.45, 7) is 10.4. The molecule has 5 heteroatoms. The molecule has 0 bridgehead atoms. The van der Waals surface area contributed by atoms with Crippen molar-refractivity contribution in [2.75, 3.05) is 0 Å². The molecule has 0 aromatic heterocycles. The van der Waals surface area contributed by atoms with Crippen LogP contribution in [0.15, 0.2) is 0 Å². The molecule has 0 aromatic rings. The zero-order chi connectivity index (χ0) is 13.9. The van der Waals surface area contributed by atoms with Crippen LogP contribution in [0.3, 0.4) is 0 Å². The predicted octanol–water partition coefficient (Wildman–Crippen LogP) is 1.69. The van der Waals surface area contributed by atoms with Crippen molar-refractivity contribution in [1.82, 2.24) is 5.32 Å². The topological polar surface area (TPSA) is 72.5 Å². The fourth-order valence-corrected chi connectivity index (χ4v) is 1.21. The van der Waals surface area contributed by atoms with Gasteiger partial charge in [0.25, 0.3) is 0 Å². The van der Waals surface area contributed by atoms with E-state index >= 15 is 0 Å². The number of rotatable bonds is 3. The maximum absolute atomic E-state index is 11.5. The molecule has 0 aliphatic heterocycles. The Kier molecular flexibility index (Phi) is 4.86. The first-order chi connectivity index (χ1) is 7.47. The SMILES string of the molecule is CC(C)(C)OC(=O)N[C@H](C(=O)C=O)C(C)(C)C. The number of nitrogens with one attached hydrogen (secondary N) is 1. The lowest BCUT2D eigenvalue weighted by Crippen LogP contribution is -2.50. The van der Waals surface area contributed by atoms with Crippen LogP contribution in [0.4, 0.5) is 4.79 Å². The van der Waals surface area contributed by atoms with E-state index < -0.39 is 28.9 Å². The van der Waals surface area contributed by atoms with Gasteiger partial charge in [0.15, 0.2) is 6.29 Å². The minimum Gasteiger partial charge on any atom is -0.444 e. The molecule has 0 saturated carbocycles. The van der Waals surface area contributed by atoms with Crippen LogP contribution in [-0.4, -0.2) is 29.8 Å². The minimum atomic E-state index is -0.880. The summed E-state index contributed by atoms with van der Waals surface area (Å²) in [7, 11) is 0. The van der Waals surface area contributed by atoms with Gasteiger partial charge in [0.05, 0.1) is 0 Å². The highest BCUT2D eigenvalue weighted by atomic mass is 16.6. The molecule has 0 aliphatic carbocycles. The molecule has 0 spiro atoms. The van der Waals surface area contributed by atoms with Gasteiger partial charge in [-0.25, -0.2) is 4.79 Å². The molecule has 0 aromatic carbocycles. The summed E-state index contributed by atoms with van der Waals surface area (Å²) in [5.41, 5.74) is -1.19. The highest BCUT2D eigenvalue weighted by molar-refractivity contribution is 6.28. The van der Waals surface area contributed by atoms with E-state index in [1.807, 2.05) is 0 Å². The number of Topliss-reactive ketones (excluding diaryl/α,β-unsaturated/α-hetero) is 1. The second kappa shape index (κ2) is 5.29. The van der Waals surface area contributed by atoms with E-state index in [0.717, 1.165) is 0 Å². The third-order valence-electron chi connectivity index (χ3n) is 1.93. The van der Waals surface area contributed by atoms with Gasteiger partial charge in [-0.05, 0) is 26.2 Å². The zero-order valence-electron chi connectivity index (χ0n) is 11.3. The number of carbonyl (C=O) groups is 3. The lowest BCUT2D eigenvalue weighted by Gasteiger charge is -2.29. The smallest absolute Gasteiger partial charge is 0.408 e. The second-order valence-corrected chi connectivity index (χ2v) is 5.97. The molecule has 0 radical (unpaired) electrons. The Morgan fingerprint density at radius 3 is 1.88 bits per heavy atom. The van der Waals surface area contributed by atoms with Crippen LogP contribution in [0.1, 0.15) is 41.5 Å². The molecule has 1 atom stereocenters. The van der Waals surface area contributed by atoms with Crippen molar-refractivity contribution < 1.29 is 19.1 Å². The number of ether oxygens (including phenoxy) is 1. The van der Waals surface area contributed by atoms with E-state index in [2.05, 4.69) is 5.32 Å². The third-order valence-corrected chi connectivity index (χ3v) is 1.93. The monoisotopic (exact) mass is 243 g/mol. The number of hydrogen-bond acceptors (Lipinski definition) is 4. The van der Waals surface area contributed by atoms with E-state index in [9.17, 15) is 14.4 Å². The Balaban J connectivity index is 4.73. The van der Waals surface area contributed by atoms with E-state index in [4.69, 9.17) is 4.74 Å². The first-order valence-corrected chi connectivity index (χ1v) is 5.46. The first kappa shape index (κ1) is 15.6. The molecule has 17 heavy (non-hydrogen) atoms. The first-order valence-electron chi connectivity index (χ1n) is 5.46.